The number of hydrogen-bond donors (Lipinski definition) is 2. The summed E-state index contributed by atoms with van der Waals surface area (Å²) in [6.45, 7) is 7.21. The number of rotatable bonds is 5. The average Bonchev–Trinajstić information content (AvgIpc) is 3.08. The monoisotopic (exact) mass is 371 g/mol. The van der Waals surface area contributed by atoms with Gasteiger partial charge >= 0.3 is 0 Å². The normalized spacial score (nSPS) is 16.8. The zero-order valence-electron chi connectivity index (χ0n) is 15.5. The highest BCUT2D eigenvalue weighted by atomic mass is 32.1. The minimum Gasteiger partial charge on any atom is -0.346 e. The number of nitrogens with zero attached hydrogens (tertiary/aromatic N) is 1. The molecule has 0 aliphatic carbocycles. The van der Waals surface area contributed by atoms with E-state index in [1.807, 2.05) is 32.0 Å². The molecule has 1 aliphatic rings. The van der Waals surface area contributed by atoms with E-state index < -0.39 is 0 Å². The second-order valence-corrected chi connectivity index (χ2v) is 7.79. The molecule has 1 aromatic carbocycles. The van der Waals surface area contributed by atoms with E-state index in [-0.39, 0.29) is 24.4 Å². The van der Waals surface area contributed by atoms with Gasteiger partial charge in [0.15, 0.2) is 0 Å². The molecule has 0 radical (unpaired) electrons. The number of para-hydroxylation sites is 1. The molecule has 138 valence electrons. The predicted octanol–water partition coefficient (Wildman–Crippen LogP) is 3.04. The molecule has 0 saturated carbocycles. The predicted molar refractivity (Wildman–Crippen MR) is 106 cm³/mol. The number of aryl methyl sites for hydroxylation is 2. The van der Waals surface area contributed by atoms with Crippen LogP contribution in [0.3, 0.4) is 0 Å². The first-order valence-electron chi connectivity index (χ1n) is 8.88. The molecule has 2 N–H and O–H groups in total. The Morgan fingerprint density at radius 2 is 1.92 bits per heavy atom. The first-order chi connectivity index (χ1) is 12.5. The number of nitrogens with one attached hydrogen (secondary N) is 2. The van der Waals surface area contributed by atoms with Crippen LogP contribution in [0.2, 0.25) is 0 Å². The number of anilines is 1. The van der Waals surface area contributed by atoms with E-state index in [9.17, 15) is 9.59 Å². The van der Waals surface area contributed by atoms with E-state index in [1.165, 1.54) is 10.4 Å². The first-order valence-corrected chi connectivity index (χ1v) is 9.76. The molecule has 1 aromatic heterocycles. The highest BCUT2D eigenvalue weighted by molar-refractivity contribution is 7.10. The van der Waals surface area contributed by atoms with Crippen molar-refractivity contribution >= 4 is 28.8 Å². The largest absolute Gasteiger partial charge is 0.346 e. The quantitative estimate of drug-likeness (QED) is 0.849. The van der Waals surface area contributed by atoms with E-state index in [4.69, 9.17) is 0 Å². The summed E-state index contributed by atoms with van der Waals surface area (Å²) in [4.78, 5) is 28.0. The maximum atomic E-state index is 12.3. The summed E-state index contributed by atoms with van der Waals surface area (Å²) < 4.78 is 0. The van der Waals surface area contributed by atoms with Crippen molar-refractivity contribution in [2.45, 2.75) is 33.2 Å². The third-order valence-electron chi connectivity index (χ3n) is 4.94. The van der Waals surface area contributed by atoms with Gasteiger partial charge in [0, 0.05) is 23.2 Å². The Balaban J connectivity index is 1.49. The Morgan fingerprint density at radius 1 is 1.19 bits per heavy atom. The summed E-state index contributed by atoms with van der Waals surface area (Å²) in [7, 11) is 0. The van der Waals surface area contributed by atoms with Crippen molar-refractivity contribution in [2.75, 3.05) is 25.0 Å². The van der Waals surface area contributed by atoms with Gasteiger partial charge in [-0.25, -0.2) is 0 Å². The number of fused-ring (bicyclic) bond motifs is 1. The zero-order valence-corrected chi connectivity index (χ0v) is 16.3. The maximum Gasteiger partial charge on any atom is 0.243 e. The number of benzene rings is 1. The third-order valence-corrected chi connectivity index (χ3v) is 5.94. The van der Waals surface area contributed by atoms with Crippen molar-refractivity contribution < 1.29 is 9.59 Å². The molecule has 2 amide bonds. The molecule has 2 heterocycles. The van der Waals surface area contributed by atoms with E-state index in [1.54, 1.807) is 11.3 Å². The summed E-state index contributed by atoms with van der Waals surface area (Å²) in [5, 5.41) is 7.74. The molecule has 1 unspecified atom stereocenters. The smallest absolute Gasteiger partial charge is 0.243 e. The lowest BCUT2D eigenvalue weighted by molar-refractivity contribution is -0.125. The van der Waals surface area contributed by atoms with E-state index in [0.29, 0.717) is 6.54 Å². The van der Waals surface area contributed by atoms with Gasteiger partial charge in [-0.3, -0.25) is 14.5 Å². The van der Waals surface area contributed by atoms with Crippen LogP contribution in [-0.2, 0) is 16.0 Å². The van der Waals surface area contributed by atoms with Crippen molar-refractivity contribution in [1.82, 2.24) is 10.2 Å². The van der Waals surface area contributed by atoms with Gasteiger partial charge in [-0.05, 0) is 55.3 Å². The van der Waals surface area contributed by atoms with Crippen molar-refractivity contribution in [3.05, 3.63) is 51.2 Å². The maximum absolute atomic E-state index is 12.3. The molecular formula is C20H25N3O2S. The lowest BCUT2D eigenvalue weighted by atomic mass is 10.0. The molecule has 1 atom stereocenters. The van der Waals surface area contributed by atoms with Crippen LogP contribution in [0.25, 0.3) is 0 Å². The summed E-state index contributed by atoms with van der Waals surface area (Å²) in [6, 6.07) is 8.25. The van der Waals surface area contributed by atoms with Crippen LogP contribution in [0.15, 0.2) is 29.6 Å². The number of amides is 2. The van der Waals surface area contributed by atoms with Crippen LogP contribution >= 0.6 is 11.3 Å². The zero-order chi connectivity index (χ0) is 18.7. The molecule has 0 fully saturated rings. The Bertz CT molecular complexity index is 795. The molecule has 0 spiro atoms. The van der Waals surface area contributed by atoms with Crippen molar-refractivity contribution in [1.29, 1.82) is 0 Å². The van der Waals surface area contributed by atoms with Crippen LogP contribution in [-0.4, -0.2) is 36.3 Å². The fraction of sp³-hybridized carbons (Fsp3) is 0.400. The van der Waals surface area contributed by atoms with Crippen LogP contribution in [0.1, 0.15) is 34.5 Å². The van der Waals surface area contributed by atoms with Crippen molar-refractivity contribution in [3.63, 3.8) is 0 Å². The van der Waals surface area contributed by atoms with Crippen LogP contribution < -0.4 is 10.6 Å². The number of hydrogen-bond acceptors (Lipinski definition) is 4. The summed E-state index contributed by atoms with van der Waals surface area (Å²) in [6.07, 6.45) is 0.984. The van der Waals surface area contributed by atoms with Gasteiger partial charge in [0.1, 0.15) is 0 Å². The molecule has 2 aromatic rings. The second-order valence-electron chi connectivity index (χ2n) is 6.79. The lowest BCUT2D eigenvalue weighted by Crippen LogP contribution is -2.43. The van der Waals surface area contributed by atoms with E-state index in [0.717, 1.165) is 29.8 Å². The summed E-state index contributed by atoms with van der Waals surface area (Å²) in [5.41, 5.74) is 4.17. The minimum absolute atomic E-state index is 0.0153. The average molecular weight is 372 g/mol. The first kappa shape index (κ1) is 18.6. The van der Waals surface area contributed by atoms with Gasteiger partial charge < -0.3 is 10.6 Å². The number of carbonyl (C=O) groups excluding carboxylic acids is 2. The van der Waals surface area contributed by atoms with Gasteiger partial charge in [0.25, 0.3) is 0 Å². The Labute approximate surface area is 158 Å². The van der Waals surface area contributed by atoms with Gasteiger partial charge in [0.05, 0.1) is 13.1 Å². The standard InChI is InChI=1S/C20H25N3O2S/c1-13-5-4-6-14(2)20(13)22-18(24)11-21-19(25)12-23-9-7-17-16(15(23)3)8-10-26-17/h4-6,8,10,15H,7,9,11-12H2,1-3H3,(H,21,25)(H,22,24). The lowest BCUT2D eigenvalue weighted by Gasteiger charge is -2.32. The molecule has 1 aliphatic heterocycles. The SMILES string of the molecule is Cc1cccc(C)c1NC(=O)CNC(=O)CN1CCc2sccc2C1C. The Kier molecular flexibility index (Phi) is 5.74. The minimum atomic E-state index is -0.206. The fourth-order valence-corrected chi connectivity index (χ4v) is 4.35. The molecule has 0 saturated heterocycles. The highest BCUT2D eigenvalue weighted by Gasteiger charge is 2.26. The number of carbonyl (C=O) groups is 2. The second kappa shape index (κ2) is 8.01. The molecule has 3 rings (SSSR count). The fourth-order valence-electron chi connectivity index (χ4n) is 3.39. The van der Waals surface area contributed by atoms with Gasteiger partial charge in [-0.2, -0.15) is 0 Å². The molecule has 26 heavy (non-hydrogen) atoms. The molecule has 5 nitrogen and oxygen atoms in total. The molecular weight excluding hydrogens is 346 g/mol. The van der Waals surface area contributed by atoms with Gasteiger partial charge in [-0.1, -0.05) is 18.2 Å². The van der Waals surface area contributed by atoms with E-state index >= 15 is 0 Å². The Morgan fingerprint density at radius 3 is 2.65 bits per heavy atom. The van der Waals surface area contributed by atoms with Crippen LogP contribution in [0.4, 0.5) is 5.69 Å². The summed E-state index contributed by atoms with van der Waals surface area (Å²) in [5.74, 6) is -0.324. The third kappa shape index (κ3) is 4.14. The molecule has 0 bridgehead atoms. The highest BCUT2D eigenvalue weighted by Crippen LogP contribution is 2.32. The Hall–Kier alpha value is -2.18. The van der Waals surface area contributed by atoms with Crippen molar-refractivity contribution in [3.8, 4) is 0 Å². The topological polar surface area (TPSA) is 61.4 Å². The van der Waals surface area contributed by atoms with Crippen LogP contribution in [0.5, 0.6) is 0 Å². The summed E-state index contributed by atoms with van der Waals surface area (Å²) >= 11 is 1.79. The molecule has 6 heteroatoms. The number of thiophene rings is 1. The van der Waals surface area contributed by atoms with Crippen molar-refractivity contribution in [2.24, 2.45) is 0 Å². The van der Waals surface area contributed by atoms with E-state index in [2.05, 4.69) is 33.9 Å². The van der Waals surface area contributed by atoms with Crippen LogP contribution in [0, 0.1) is 13.8 Å². The van der Waals surface area contributed by atoms with Gasteiger partial charge in [-0.15, -0.1) is 11.3 Å². The van der Waals surface area contributed by atoms with Gasteiger partial charge in [0.2, 0.25) is 11.8 Å².